The van der Waals surface area contributed by atoms with Crippen molar-refractivity contribution in [1.29, 1.82) is 0 Å². The number of hydrogen-bond donors (Lipinski definition) is 1. The second-order valence-electron chi connectivity index (χ2n) is 0.986. The van der Waals surface area contributed by atoms with Crippen molar-refractivity contribution in [2.24, 2.45) is 5.73 Å². The molecule has 0 aliphatic carbocycles. The minimum Gasteiger partial charge on any atom is -0.315 e. The molecule has 0 aromatic heterocycles. The molecular formula is C3H6ClNS2. The molecule has 7 heavy (non-hydrogen) atoms. The lowest BCUT2D eigenvalue weighted by Crippen LogP contribution is -2.06. The Labute approximate surface area is 56.9 Å². The Morgan fingerprint density at radius 2 is 2.29 bits per heavy atom. The average molecular weight is 156 g/mol. The molecule has 1 aliphatic rings. The van der Waals surface area contributed by atoms with E-state index in [-0.39, 0.29) is 17.8 Å². The van der Waals surface area contributed by atoms with Gasteiger partial charge < -0.3 is 5.73 Å². The third kappa shape index (κ3) is 2.49. The Morgan fingerprint density at radius 1 is 1.57 bits per heavy atom. The van der Waals surface area contributed by atoms with Gasteiger partial charge in [0.05, 0.1) is 5.37 Å². The van der Waals surface area contributed by atoms with E-state index in [1.54, 1.807) is 21.6 Å². The fourth-order valence-electron chi connectivity index (χ4n) is 0.238. The summed E-state index contributed by atoms with van der Waals surface area (Å²) in [5.74, 6) is 0. The molecule has 1 rings (SSSR count). The molecule has 0 aromatic rings. The molecule has 1 unspecified atom stereocenters. The van der Waals surface area contributed by atoms with Crippen LogP contribution in [0.15, 0.2) is 11.5 Å². The van der Waals surface area contributed by atoms with Gasteiger partial charge in [-0.2, -0.15) is 0 Å². The summed E-state index contributed by atoms with van der Waals surface area (Å²) < 4.78 is 0. The Hall–Kier alpha value is 0.690. The first-order valence-electron chi connectivity index (χ1n) is 1.64. The third-order valence-electron chi connectivity index (χ3n) is 0.490. The summed E-state index contributed by atoms with van der Waals surface area (Å²) in [6.45, 7) is 0. The van der Waals surface area contributed by atoms with Gasteiger partial charge in [0.15, 0.2) is 0 Å². The second-order valence-corrected chi connectivity index (χ2v) is 3.34. The highest BCUT2D eigenvalue weighted by atomic mass is 35.5. The van der Waals surface area contributed by atoms with Gasteiger partial charge in [-0.3, -0.25) is 0 Å². The summed E-state index contributed by atoms with van der Waals surface area (Å²) in [5, 5.41) is 2.25. The quantitative estimate of drug-likeness (QED) is 0.539. The summed E-state index contributed by atoms with van der Waals surface area (Å²) in [6.07, 6.45) is 1.98. The maximum absolute atomic E-state index is 5.39. The van der Waals surface area contributed by atoms with Crippen molar-refractivity contribution in [2.45, 2.75) is 5.37 Å². The van der Waals surface area contributed by atoms with Gasteiger partial charge in [0.1, 0.15) is 0 Å². The number of hydrogen-bond acceptors (Lipinski definition) is 3. The molecule has 2 N–H and O–H groups in total. The summed E-state index contributed by atoms with van der Waals surface area (Å²) >= 11 is 0. The predicted molar refractivity (Wildman–Crippen MR) is 39.5 cm³/mol. The Balaban J connectivity index is 0.000000360. The maximum atomic E-state index is 5.39. The molecule has 42 valence electrons. The average Bonchev–Trinajstić information content (AvgIpc) is 1.86. The topological polar surface area (TPSA) is 26.0 Å². The summed E-state index contributed by atoms with van der Waals surface area (Å²) in [5.41, 5.74) is 5.39. The SMILES string of the molecule is Cl.NC1C=CSS1. The van der Waals surface area contributed by atoms with Gasteiger partial charge in [0, 0.05) is 0 Å². The van der Waals surface area contributed by atoms with Crippen LogP contribution in [0.4, 0.5) is 0 Å². The first kappa shape index (κ1) is 7.69. The van der Waals surface area contributed by atoms with Crippen LogP contribution >= 0.6 is 34.0 Å². The highest BCUT2D eigenvalue weighted by Crippen LogP contribution is 2.31. The van der Waals surface area contributed by atoms with Crippen LogP contribution in [-0.2, 0) is 0 Å². The van der Waals surface area contributed by atoms with Crippen molar-refractivity contribution in [1.82, 2.24) is 0 Å². The van der Waals surface area contributed by atoms with Crippen molar-refractivity contribution in [3.8, 4) is 0 Å². The number of halogens is 1. The van der Waals surface area contributed by atoms with E-state index >= 15 is 0 Å². The molecule has 0 saturated carbocycles. The molecule has 1 atom stereocenters. The molecule has 0 saturated heterocycles. The largest absolute Gasteiger partial charge is 0.315 e. The van der Waals surface area contributed by atoms with E-state index < -0.39 is 0 Å². The number of rotatable bonds is 0. The summed E-state index contributed by atoms with van der Waals surface area (Å²) in [4.78, 5) is 0. The van der Waals surface area contributed by atoms with Gasteiger partial charge >= 0.3 is 0 Å². The Morgan fingerprint density at radius 3 is 2.43 bits per heavy atom. The Kier molecular flexibility index (Phi) is 4.02. The van der Waals surface area contributed by atoms with Gasteiger partial charge in [-0.25, -0.2) is 0 Å². The zero-order valence-corrected chi connectivity index (χ0v) is 5.98. The van der Waals surface area contributed by atoms with Gasteiger partial charge in [0.2, 0.25) is 0 Å². The first-order valence-corrected chi connectivity index (χ1v) is 3.91. The molecule has 1 heterocycles. The molecule has 1 aliphatic heterocycles. The fraction of sp³-hybridized carbons (Fsp3) is 0.333. The molecule has 4 heteroatoms. The number of nitrogens with two attached hydrogens (primary N) is 1. The van der Waals surface area contributed by atoms with Crippen LogP contribution < -0.4 is 5.73 Å². The van der Waals surface area contributed by atoms with Crippen molar-refractivity contribution < 1.29 is 0 Å². The van der Waals surface area contributed by atoms with E-state index in [0.29, 0.717) is 0 Å². The van der Waals surface area contributed by atoms with Gasteiger partial charge in [-0.1, -0.05) is 21.6 Å². The van der Waals surface area contributed by atoms with Crippen LogP contribution in [0.5, 0.6) is 0 Å². The zero-order valence-electron chi connectivity index (χ0n) is 3.53. The molecule has 0 radical (unpaired) electrons. The van der Waals surface area contributed by atoms with Crippen LogP contribution in [0.1, 0.15) is 0 Å². The molecule has 0 spiro atoms. The molecular weight excluding hydrogens is 150 g/mol. The maximum Gasteiger partial charge on any atom is 0.0809 e. The van der Waals surface area contributed by atoms with Crippen LogP contribution in [0.3, 0.4) is 0 Å². The fourth-order valence-corrected chi connectivity index (χ4v) is 1.87. The first-order chi connectivity index (χ1) is 2.89. The highest BCUT2D eigenvalue weighted by molar-refractivity contribution is 8.78. The minimum absolute atomic E-state index is 0. The van der Waals surface area contributed by atoms with E-state index in [4.69, 9.17) is 5.73 Å². The lowest BCUT2D eigenvalue weighted by Gasteiger charge is -1.89. The standard InChI is InChI=1S/C3H5NS2.ClH/c4-3-1-2-5-6-3;/h1-3H,4H2;1H. The second kappa shape index (κ2) is 3.66. The smallest absolute Gasteiger partial charge is 0.0809 e. The molecule has 0 bridgehead atoms. The molecule has 0 amide bonds. The van der Waals surface area contributed by atoms with Crippen molar-refractivity contribution in [3.05, 3.63) is 11.5 Å². The van der Waals surface area contributed by atoms with Crippen LogP contribution in [0.2, 0.25) is 0 Å². The highest BCUT2D eigenvalue weighted by Gasteiger charge is 2.00. The van der Waals surface area contributed by atoms with Crippen molar-refractivity contribution in [3.63, 3.8) is 0 Å². The zero-order chi connectivity index (χ0) is 4.41. The van der Waals surface area contributed by atoms with Crippen LogP contribution in [0, 0.1) is 0 Å². The molecule has 0 fully saturated rings. The summed E-state index contributed by atoms with van der Waals surface area (Å²) in [6, 6.07) is 0. The van der Waals surface area contributed by atoms with E-state index in [1.165, 1.54) is 0 Å². The third-order valence-corrected chi connectivity index (χ3v) is 2.58. The van der Waals surface area contributed by atoms with E-state index in [0.717, 1.165) is 0 Å². The van der Waals surface area contributed by atoms with Crippen LogP contribution in [0.25, 0.3) is 0 Å². The molecule has 1 nitrogen and oxygen atoms in total. The monoisotopic (exact) mass is 155 g/mol. The van der Waals surface area contributed by atoms with E-state index in [2.05, 4.69) is 0 Å². The molecule has 0 aromatic carbocycles. The predicted octanol–water partition coefficient (Wildman–Crippen LogP) is 1.60. The lowest BCUT2D eigenvalue weighted by atomic mass is 10.7. The lowest BCUT2D eigenvalue weighted by molar-refractivity contribution is 1.18. The van der Waals surface area contributed by atoms with E-state index in [1.807, 2.05) is 11.5 Å². The van der Waals surface area contributed by atoms with Gasteiger partial charge in [-0.15, -0.1) is 12.4 Å². The van der Waals surface area contributed by atoms with Gasteiger partial charge in [0.25, 0.3) is 0 Å². The van der Waals surface area contributed by atoms with Crippen molar-refractivity contribution >= 4 is 34.0 Å². The normalized spacial score (nSPS) is 27.3. The summed E-state index contributed by atoms with van der Waals surface area (Å²) in [7, 11) is 3.37. The van der Waals surface area contributed by atoms with Gasteiger partial charge in [-0.05, 0) is 11.5 Å². The Bertz CT molecular complexity index is 75.3. The van der Waals surface area contributed by atoms with Crippen LogP contribution in [-0.4, -0.2) is 5.37 Å². The van der Waals surface area contributed by atoms with Crippen molar-refractivity contribution in [2.75, 3.05) is 0 Å². The minimum atomic E-state index is 0. The van der Waals surface area contributed by atoms with E-state index in [9.17, 15) is 0 Å².